The van der Waals surface area contributed by atoms with Crippen LogP contribution in [-0.2, 0) is 10.6 Å². The minimum Gasteiger partial charge on any atom is -0.265 e. The molecule has 3 nitrogen and oxygen atoms in total. The van der Waals surface area contributed by atoms with Crippen molar-refractivity contribution in [2.45, 2.75) is 25.7 Å². The summed E-state index contributed by atoms with van der Waals surface area (Å²) in [6, 6.07) is 5.72. The van der Waals surface area contributed by atoms with Crippen LogP contribution in [0.15, 0.2) is 30.6 Å². The molecule has 0 aromatic carbocycles. The van der Waals surface area contributed by atoms with Crippen molar-refractivity contribution in [2.24, 2.45) is 0 Å². The van der Waals surface area contributed by atoms with Crippen LogP contribution in [0.4, 0.5) is 7.77 Å². The van der Waals surface area contributed by atoms with E-state index in [9.17, 15) is 7.77 Å². The van der Waals surface area contributed by atoms with Crippen LogP contribution in [-0.4, -0.2) is 13.4 Å². The smallest absolute Gasteiger partial charge is 0.265 e. The number of pyridine rings is 1. The second-order valence-electron chi connectivity index (χ2n) is 2.82. The zero-order valence-electron chi connectivity index (χ0n) is 8.14. The Labute approximate surface area is 88.7 Å². The fourth-order valence-corrected chi connectivity index (χ4v) is 0.563. The van der Waals surface area contributed by atoms with Gasteiger partial charge in [-0.05, 0) is 12.1 Å². The van der Waals surface area contributed by atoms with Gasteiger partial charge in [-0.1, -0.05) is 39.5 Å². The number of halogens is 2. The first-order valence-corrected chi connectivity index (χ1v) is 5.78. The summed E-state index contributed by atoms with van der Waals surface area (Å²) in [6.45, 7) is 0. The van der Waals surface area contributed by atoms with Gasteiger partial charge in [0.1, 0.15) is 0 Å². The van der Waals surface area contributed by atoms with E-state index in [0.717, 1.165) is 0 Å². The molecule has 1 aliphatic carbocycles. The van der Waals surface area contributed by atoms with Crippen molar-refractivity contribution in [2.75, 3.05) is 0 Å². The molecule has 0 amide bonds. The molecular formula is C9H13F2NO2S. The van der Waals surface area contributed by atoms with Crippen LogP contribution in [0, 0.1) is 0 Å². The van der Waals surface area contributed by atoms with Crippen molar-refractivity contribution < 1.29 is 16.2 Å². The fraction of sp³-hybridized carbons (Fsp3) is 0.444. The summed E-state index contributed by atoms with van der Waals surface area (Å²) >= 11 is 0. The van der Waals surface area contributed by atoms with E-state index in [0.29, 0.717) is 0 Å². The summed E-state index contributed by atoms with van der Waals surface area (Å²) in [5, 5.41) is 0. The highest BCUT2D eigenvalue weighted by molar-refractivity contribution is 7.81. The second-order valence-corrected chi connectivity index (χ2v) is 3.57. The molecule has 0 radical (unpaired) electrons. The van der Waals surface area contributed by atoms with Crippen molar-refractivity contribution in [1.82, 2.24) is 4.98 Å². The van der Waals surface area contributed by atoms with Crippen LogP contribution in [0.25, 0.3) is 0 Å². The Kier molecular flexibility index (Phi) is 7.71. The molecule has 0 N–H and O–H groups in total. The summed E-state index contributed by atoms with van der Waals surface area (Å²) in [4.78, 5) is 3.78. The maximum absolute atomic E-state index is 9.99. The number of hydrogen-bond acceptors (Lipinski definition) is 3. The van der Waals surface area contributed by atoms with Crippen LogP contribution < -0.4 is 0 Å². The molecule has 1 heterocycles. The van der Waals surface area contributed by atoms with Gasteiger partial charge in [0.15, 0.2) is 0 Å². The van der Waals surface area contributed by atoms with Crippen LogP contribution in [0.3, 0.4) is 0 Å². The molecule has 0 atom stereocenters. The van der Waals surface area contributed by atoms with E-state index in [1.165, 1.54) is 25.7 Å². The van der Waals surface area contributed by atoms with E-state index in [-0.39, 0.29) is 0 Å². The Morgan fingerprint density at radius 3 is 1.27 bits per heavy atom. The van der Waals surface area contributed by atoms with E-state index in [1.54, 1.807) is 12.4 Å². The molecular weight excluding hydrogens is 224 g/mol. The Bertz CT molecular complexity index is 287. The van der Waals surface area contributed by atoms with E-state index in [1.807, 2.05) is 18.2 Å². The Hall–Kier alpha value is -1.04. The summed E-state index contributed by atoms with van der Waals surface area (Å²) in [6.07, 6.45) is 9.50. The lowest BCUT2D eigenvalue weighted by atomic mass is 10.0. The highest BCUT2D eigenvalue weighted by Gasteiger charge is 1.95. The fourth-order valence-electron chi connectivity index (χ4n) is 0.563. The van der Waals surface area contributed by atoms with Gasteiger partial charge in [-0.2, -0.15) is 8.42 Å². The minimum absolute atomic E-state index is 1.50. The van der Waals surface area contributed by atoms with Crippen LogP contribution in [0.1, 0.15) is 25.7 Å². The average molecular weight is 237 g/mol. The lowest BCUT2D eigenvalue weighted by Gasteiger charge is -2.05. The summed E-state index contributed by atoms with van der Waals surface area (Å²) in [7, 11) is -5.67. The maximum Gasteiger partial charge on any atom is 0.476 e. The molecule has 1 aromatic heterocycles. The van der Waals surface area contributed by atoms with Gasteiger partial charge in [-0.3, -0.25) is 4.98 Å². The molecule has 0 saturated heterocycles. The quantitative estimate of drug-likeness (QED) is 0.652. The van der Waals surface area contributed by atoms with Crippen molar-refractivity contribution in [3.63, 3.8) is 0 Å². The molecule has 2 rings (SSSR count). The largest absolute Gasteiger partial charge is 0.476 e. The number of rotatable bonds is 0. The van der Waals surface area contributed by atoms with Gasteiger partial charge in [0.25, 0.3) is 0 Å². The lowest BCUT2D eigenvalue weighted by molar-refractivity contribution is 0.501. The van der Waals surface area contributed by atoms with Crippen LogP contribution in [0.2, 0.25) is 0 Å². The molecule has 1 fully saturated rings. The van der Waals surface area contributed by atoms with E-state index < -0.39 is 10.6 Å². The monoisotopic (exact) mass is 237 g/mol. The number of aromatic nitrogens is 1. The predicted molar refractivity (Wildman–Crippen MR) is 53.8 cm³/mol. The van der Waals surface area contributed by atoms with E-state index in [4.69, 9.17) is 8.42 Å². The molecule has 15 heavy (non-hydrogen) atoms. The number of hydrogen-bond donors (Lipinski definition) is 0. The molecule has 0 bridgehead atoms. The van der Waals surface area contributed by atoms with Crippen LogP contribution >= 0.6 is 0 Å². The average Bonchev–Trinajstić information content (AvgIpc) is 2.01. The first-order chi connectivity index (χ1) is 7.00. The molecule has 1 saturated carbocycles. The zero-order chi connectivity index (χ0) is 11.6. The lowest BCUT2D eigenvalue weighted by Crippen LogP contribution is -1.85. The standard InChI is InChI=1S/C5H5N.C4H8.F2O2S/c1-2-4-6-5-3-1;1-2-4-3-1;1-5(2,3)4/h1-5H;1-4H2;. The van der Waals surface area contributed by atoms with Gasteiger partial charge < -0.3 is 0 Å². The maximum atomic E-state index is 9.99. The molecule has 1 aromatic rings. The van der Waals surface area contributed by atoms with E-state index >= 15 is 0 Å². The Balaban J connectivity index is 0.000000200. The highest BCUT2D eigenvalue weighted by atomic mass is 32.3. The van der Waals surface area contributed by atoms with Gasteiger partial charge in [0.2, 0.25) is 0 Å². The molecule has 86 valence electrons. The SMILES string of the molecule is C1CCC1.O=S(=O)(F)F.c1ccncc1. The van der Waals surface area contributed by atoms with Gasteiger partial charge in [-0.15, -0.1) is 0 Å². The Morgan fingerprint density at radius 2 is 1.20 bits per heavy atom. The summed E-state index contributed by atoms with van der Waals surface area (Å²) in [5.74, 6) is 0. The summed E-state index contributed by atoms with van der Waals surface area (Å²) < 4.78 is 36.6. The highest BCUT2D eigenvalue weighted by Crippen LogP contribution is 2.15. The zero-order valence-corrected chi connectivity index (χ0v) is 8.96. The Morgan fingerprint density at radius 1 is 0.867 bits per heavy atom. The molecule has 1 aliphatic rings. The third-order valence-corrected chi connectivity index (χ3v) is 1.57. The third-order valence-electron chi connectivity index (χ3n) is 1.57. The molecule has 0 aliphatic heterocycles. The second kappa shape index (κ2) is 8.28. The van der Waals surface area contributed by atoms with Gasteiger partial charge in [0.05, 0.1) is 0 Å². The van der Waals surface area contributed by atoms with Crippen molar-refractivity contribution >= 4 is 10.6 Å². The minimum atomic E-state index is -5.67. The first kappa shape index (κ1) is 14.0. The normalized spacial score (nSPS) is 13.5. The first-order valence-electron chi connectivity index (χ1n) is 4.49. The summed E-state index contributed by atoms with van der Waals surface area (Å²) in [5.41, 5.74) is 0. The van der Waals surface area contributed by atoms with Crippen molar-refractivity contribution in [3.05, 3.63) is 30.6 Å². The van der Waals surface area contributed by atoms with Gasteiger partial charge >= 0.3 is 10.6 Å². The molecule has 0 spiro atoms. The number of nitrogens with zero attached hydrogens (tertiary/aromatic N) is 1. The van der Waals surface area contributed by atoms with Crippen molar-refractivity contribution in [1.29, 1.82) is 0 Å². The third kappa shape index (κ3) is 19.4. The van der Waals surface area contributed by atoms with Crippen molar-refractivity contribution in [3.8, 4) is 0 Å². The van der Waals surface area contributed by atoms with E-state index in [2.05, 4.69) is 4.98 Å². The van der Waals surface area contributed by atoms with Gasteiger partial charge in [-0.25, -0.2) is 0 Å². The molecule has 6 heteroatoms. The van der Waals surface area contributed by atoms with Crippen LogP contribution in [0.5, 0.6) is 0 Å². The molecule has 0 unspecified atom stereocenters. The van der Waals surface area contributed by atoms with Gasteiger partial charge in [0, 0.05) is 12.4 Å². The topological polar surface area (TPSA) is 47.0 Å². The predicted octanol–water partition coefficient (Wildman–Crippen LogP) is 2.81.